The van der Waals surface area contributed by atoms with Gasteiger partial charge in [-0.25, -0.2) is 4.98 Å². The van der Waals surface area contributed by atoms with Crippen LogP contribution in [0.4, 0.5) is 4.79 Å². The molecule has 1 N–H and O–H groups in total. The van der Waals surface area contributed by atoms with E-state index in [-0.39, 0.29) is 16.4 Å². The molecule has 1 atom stereocenters. The van der Waals surface area contributed by atoms with Crippen LogP contribution in [-0.4, -0.2) is 34.2 Å². The Morgan fingerprint density at radius 3 is 2.56 bits per heavy atom. The molecule has 1 fully saturated rings. The molecule has 2 amide bonds. The van der Waals surface area contributed by atoms with Gasteiger partial charge < -0.3 is 9.25 Å². The quantitative estimate of drug-likeness (QED) is 0.401. The van der Waals surface area contributed by atoms with Crippen molar-refractivity contribution in [2.45, 2.75) is 31.4 Å². The highest BCUT2D eigenvalue weighted by Crippen LogP contribution is 2.24. The SMILES string of the molecule is CO/N=C(/CCc1nc(-c2ccccc2)oc1C)c1ccc(CC2SC(=O)NC2=O)cc1. The van der Waals surface area contributed by atoms with E-state index in [2.05, 4.69) is 15.5 Å². The third-order valence-corrected chi connectivity index (χ3v) is 6.17. The summed E-state index contributed by atoms with van der Waals surface area (Å²) in [5.74, 6) is 1.17. The van der Waals surface area contributed by atoms with Crippen LogP contribution in [-0.2, 0) is 22.5 Å². The zero-order valence-electron chi connectivity index (χ0n) is 17.8. The second-order valence-corrected chi connectivity index (χ2v) is 8.57. The summed E-state index contributed by atoms with van der Waals surface area (Å²) in [5, 5.41) is 5.86. The molecule has 1 unspecified atom stereocenters. The van der Waals surface area contributed by atoms with Gasteiger partial charge in [-0.15, -0.1) is 0 Å². The number of nitrogens with one attached hydrogen (secondary N) is 1. The summed E-state index contributed by atoms with van der Waals surface area (Å²) < 4.78 is 5.85. The maximum absolute atomic E-state index is 11.8. The summed E-state index contributed by atoms with van der Waals surface area (Å²) >= 11 is 1.04. The lowest BCUT2D eigenvalue weighted by molar-refractivity contribution is -0.118. The van der Waals surface area contributed by atoms with Crippen LogP contribution in [0.5, 0.6) is 0 Å². The topological polar surface area (TPSA) is 93.8 Å². The van der Waals surface area contributed by atoms with Crippen molar-refractivity contribution >= 4 is 28.6 Å². The molecule has 1 aromatic heterocycles. The zero-order chi connectivity index (χ0) is 22.5. The number of thioether (sulfide) groups is 1. The average Bonchev–Trinajstić information content (AvgIpc) is 3.33. The third-order valence-electron chi connectivity index (χ3n) is 5.19. The number of amides is 2. The van der Waals surface area contributed by atoms with Gasteiger partial charge in [0.25, 0.3) is 5.24 Å². The van der Waals surface area contributed by atoms with Gasteiger partial charge in [0.15, 0.2) is 0 Å². The van der Waals surface area contributed by atoms with Crippen LogP contribution in [0.2, 0.25) is 0 Å². The minimum Gasteiger partial charge on any atom is -0.441 e. The number of oxazole rings is 1. The Kier molecular flexibility index (Phi) is 6.70. The number of nitrogens with zero attached hydrogens (tertiary/aromatic N) is 2. The molecule has 164 valence electrons. The first kappa shape index (κ1) is 21.8. The highest BCUT2D eigenvalue weighted by Gasteiger charge is 2.31. The van der Waals surface area contributed by atoms with Gasteiger partial charge in [-0.2, -0.15) is 0 Å². The lowest BCUT2D eigenvalue weighted by Gasteiger charge is -2.08. The molecule has 32 heavy (non-hydrogen) atoms. The number of rotatable bonds is 8. The van der Waals surface area contributed by atoms with E-state index < -0.39 is 0 Å². The van der Waals surface area contributed by atoms with Gasteiger partial charge in [0, 0.05) is 5.56 Å². The molecule has 1 aliphatic rings. The van der Waals surface area contributed by atoms with E-state index in [9.17, 15) is 9.59 Å². The Bertz CT molecular complexity index is 1140. The molecular weight excluding hydrogens is 426 g/mol. The summed E-state index contributed by atoms with van der Waals surface area (Å²) in [6.07, 6.45) is 1.79. The Morgan fingerprint density at radius 2 is 1.91 bits per heavy atom. The maximum atomic E-state index is 11.8. The molecule has 2 aromatic carbocycles. The van der Waals surface area contributed by atoms with Crippen molar-refractivity contribution < 1.29 is 18.8 Å². The fraction of sp³-hybridized carbons (Fsp3) is 0.250. The molecule has 4 rings (SSSR count). The number of aromatic nitrogens is 1. The summed E-state index contributed by atoms with van der Waals surface area (Å²) in [5.41, 5.74) is 4.54. The van der Waals surface area contributed by atoms with Gasteiger partial charge in [0.1, 0.15) is 12.9 Å². The number of carbonyl (C=O) groups is 2. The van der Waals surface area contributed by atoms with Crippen molar-refractivity contribution in [1.82, 2.24) is 10.3 Å². The molecule has 2 heterocycles. The number of benzene rings is 2. The van der Waals surface area contributed by atoms with Crippen molar-refractivity contribution in [3.63, 3.8) is 0 Å². The Hall–Kier alpha value is -3.39. The molecule has 3 aromatic rings. The first-order valence-corrected chi connectivity index (χ1v) is 11.1. The van der Waals surface area contributed by atoms with E-state index in [1.807, 2.05) is 61.5 Å². The minimum absolute atomic E-state index is 0.233. The predicted molar refractivity (Wildman–Crippen MR) is 124 cm³/mol. The van der Waals surface area contributed by atoms with Gasteiger partial charge >= 0.3 is 0 Å². The molecule has 0 spiro atoms. The van der Waals surface area contributed by atoms with Crippen LogP contribution in [0.15, 0.2) is 64.2 Å². The lowest BCUT2D eigenvalue weighted by Crippen LogP contribution is -2.25. The van der Waals surface area contributed by atoms with E-state index in [4.69, 9.17) is 9.25 Å². The van der Waals surface area contributed by atoms with E-state index in [0.29, 0.717) is 25.2 Å². The normalized spacial score (nSPS) is 16.3. The minimum atomic E-state index is -0.380. The lowest BCUT2D eigenvalue weighted by atomic mass is 10.0. The number of hydrogen-bond donors (Lipinski definition) is 1. The van der Waals surface area contributed by atoms with Gasteiger partial charge in [-0.1, -0.05) is 59.4 Å². The van der Waals surface area contributed by atoms with Crippen LogP contribution in [0, 0.1) is 6.92 Å². The van der Waals surface area contributed by atoms with Gasteiger partial charge in [-0.05, 0) is 49.4 Å². The first-order valence-electron chi connectivity index (χ1n) is 10.3. The largest absolute Gasteiger partial charge is 0.441 e. The third kappa shape index (κ3) is 5.08. The van der Waals surface area contributed by atoms with E-state index in [1.54, 1.807) is 0 Å². The van der Waals surface area contributed by atoms with Gasteiger partial charge in [0.2, 0.25) is 11.8 Å². The fourth-order valence-corrected chi connectivity index (χ4v) is 4.39. The molecule has 7 nitrogen and oxygen atoms in total. The van der Waals surface area contributed by atoms with Gasteiger partial charge in [0.05, 0.1) is 16.7 Å². The summed E-state index contributed by atoms with van der Waals surface area (Å²) in [4.78, 5) is 32.9. The Morgan fingerprint density at radius 1 is 1.16 bits per heavy atom. The molecular formula is C24H23N3O4S. The molecule has 0 saturated carbocycles. The zero-order valence-corrected chi connectivity index (χ0v) is 18.6. The van der Waals surface area contributed by atoms with Crippen LogP contribution in [0.1, 0.15) is 29.0 Å². The first-order chi connectivity index (χ1) is 15.5. The average molecular weight is 450 g/mol. The highest BCUT2D eigenvalue weighted by atomic mass is 32.2. The Labute approximate surface area is 190 Å². The maximum Gasteiger partial charge on any atom is 0.286 e. The number of carbonyl (C=O) groups excluding carboxylic acids is 2. The molecule has 1 aliphatic heterocycles. The van der Waals surface area contributed by atoms with Crippen molar-refractivity contribution in [3.8, 4) is 11.5 Å². The van der Waals surface area contributed by atoms with E-state index in [0.717, 1.165) is 45.6 Å². The van der Waals surface area contributed by atoms with E-state index >= 15 is 0 Å². The van der Waals surface area contributed by atoms with Crippen LogP contribution in [0.3, 0.4) is 0 Å². The Balaban J connectivity index is 1.43. The summed E-state index contributed by atoms with van der Waals surface area (Å²) in [6.45, 7) is 1.92. The monoisotopic (exact) mass is 449 g/mol. The number of aryl methyl sites for hydroxylation is 2. The van der Waals surface area contributed by atoms with E-state index in [1.165, 1.54) is 7.11 Å². The smallest absolute Gasteiger partial charge is 0.286 e. The summed E-state index contributed by atoms with van der Waals surface area (Å²) in [7, 11) is 1.52. The molecule has 0 bridgehead atoms. The second kappa shape index (κ2) is 9.82. The number of oxime groups is 1. The van der Waals surface area contributed by atoms with Crippen LogP contribution in [0.25, 0.3) is 11.5 Å². The summed E-state index contributed by atoms with van der Waals surface area (Å²) in [6, 6.07) is 17.6. The van der Waals surface area contributed by atoms with Crippen molar-refractivity contribution in [3.05, 3.63) is 77.2 Å². The highest BCUT2D eigenvalue weighted by molar-refractivity contribution is 8.15. The van der Waals surface area contributed by atoms with Crippen molar-refractivity contribution in [2.75, 3.05) is 7.11 Å². The molecule has 0 aliphatic carbocycles. The standard InChI is InChI=1S/C24H23N3O4S/c1-15-19(25-23(31-15)18-6-4-3-5-7-18)12-13-20(27-30-2)17-10-8-16(9-11-17)14-21-22(28)26-24(29)32-21/h3-11,21H,12-14H2,1-2H3,(H,26,28,29)/b27-20-. The predicted octanol–water partition coefficient (Wildman–Crippen LogP) is 4.53. The van der Waals surface area contributed by atoms with Crippen LogP contribution < -0.4 is 5.32 Å². The number of imide groups is 1. The van der Waals surface area contributed by atoms with Gasteiger partial charge in [-0.3, -0.25) is 14.9 Å². The number of hydrogen-bond acceptors (Lipinski definition) is 7. The fourth-order valence-electron chi connectivity index (χ4n) is 3.53. The van der Waals surface area contributed by atoms with Crippen molar-refractivity contribution in [2.24, 2.45) is 5.16 Å². The van der Waals surface area contributed by atoms with Crippen molar-refractivity contribution in [1.29, 1.82) is 0 Å². The molecule has 1 saturated heterocycles. The molecule has 0 radical (unpaired) electrons. The van der Waals surface area contributed by atoms with Crippen LogP contribution >= 0.6 is 11.8 Å². The molecule has 8 heteroatoms. The second-order valence-electron chi connectivity index (χ2n) is 7.39.